The second-order valence-electron chi connectivity index (χ2n) is 7.70. The van der Waals surface area contributed by atoms with Crippen molar-refractivity contribution in [1.29, 1.82) is 0 Å². The standard InChI is InChI=1S/C23H21F3N4O2/c1-15-8-11-30(14-15)21-20(16-6-9-27-10-7-16)12-17(13-28-21)22(31)29-18-2-4-19(5-3-18)32-23(24,25)26/h2-7,9-10,12-13,15H,8,11,14H2,1H3,(H,29,31). The smallest absolute Gasteiger partial charge is 0.406 e. The second kappa shape index (κ2) is 8.86. The Balaban J connectivity index is 1.57. The first-order chi connectivity index (χ1) is 15.3. The number of carbonyl (C=O) groups excluding carboxylic acids is 1. The molecule has 0 bridgehead atoms. The predicted octanol–water partition coefficient (Wildman–Crippen LogP) is 5.14. The Bertz CT molecular complexity index is 1090. The Morgan fingerprint density at radius 2 is 1.88 bits per heavy atom. The average Bonchev–Trinajstić information content (AvgIpc) is 3.20. The number of anilines is 2. The maximum Gasteiger partial charge on any atom is 0.573 e. The van der Waals surface area contributed by atoms with Crippen molar-refractivity contribution < 1.29 is 22.7 Å². The van der Waals surface area contributed by atoms with Crippen molar-refractivity contribution in [3.05, 3.63) is 66.6 Å². The maximum absolute atomic E-state index is 12.8. The summed E-state index contributed by atoms with van der Waals surface area (Å²) in [6.07, 6.45) is 1.19. The molecule has 0 aliphatic carbocycles. The van der Waals surface area contributed by atoms with Crippen molar-refractivity contribution in [3.8, 4) is 16.9 Å². The molecule has 0 spiro atoms. The van der Waals surface area contributed by atoms with Crippen LogP contribution in [-0.2, 0) is 0 Å². The lowest BCUT2D eigenvalue weighted by Crippen LogP contribution is -2.22. The number of hydrogen-bond acceptors (Lipinski definition) is 5. The third kappa shape index (κ3) is 5.16. The van der Waals surface area contributed by atoms with Gasteiger partial charge in [0.25, 0.3) is 5.91 Å². The van der Waals surface area contributed by atoms with Gasteiger partial charge in [0, 0.05) is 42.9 Å². The first-order valence-corrected chi connectivity index (χ1v) is 10.1. The summed E-state index contributed by atoms with van der Waals surface area (Å²) in [6, 6.07) is 10.5. The number of aromatic nitrogens is 2. The van der Waals surface area contributed by atoms with Crippen LogP contribution in [0.25, 0.3) is 11.1 Å². The second-order valence-corrected chi connectivity index (χ2v) is 7.70. The van der Waals surface area contributed by atoms with E-state index in [0.29, 0.717) is 17.2 Å². The number of hydrogen-bond donors (Lipinski definition) is 1. The van der Waals surface area contributed by atoms with Gasteiger partial charge in [-0.3, -0.25) is 9.78 Å². The maximum atomic E-state index is 12.8. The molecule has 1 aromatic carbocycles. The largest absolute Gasteiger partial charge is 0.573 e. The zero-order chi connectivity index (χ0) is 22.7. The number of pyridine rings is 2. The average molecular weight is 442 g/mol. The van der Waals surface area contributed by atoms with Gasteiger partial charge in [0.2, 0.25) is 0 Å². The molecule has 1 unspecified atom stereocenters. The molecule has 1 saturated heterocycles. The zero-order valence-electron chi connectivity index (χ0n) is 17.3. The van der Waals surface area contributed by atoms with E-state index in [2.05, 4.69) is 31.8 Å². The molecule has 9 heteroatoms. The molecule has 32 heavy (non-hydrogen) atoms. The lowest BCUT2D eigenvalue weighted by molar-refractivity contribution is -0.274. The first kappa shape index (κ1) is 21.6. The van der Waals surface area contributed by atoms with E-state index in [0.717, 1.165) is 48.6 Å². The molecule has 1 fully saturated rings. The topological polar surface area (TPSA) is 67.4 Å². The molecule has 2 aromatic heterocycles. The van der Waals surface area contributed by atoms with Crippen molar-refractivity contribution in [2.45, 2.75) is 19.7 Å². The number of benzene rings is 1. The number of nitrogens with one attached hydrogen (secondary N) is 1. The van der Waals surface area contributed by atoms with Gasteiger partial charge in [-0.1, -0.05) is 6.92 Å². The van der Waals surface area contributed by atoms with E-state index in [1.54, 1.807) is 18.5 Å². The minimum absolute atomic E-state index is 0.337. The van der Waals surface area contributed by atoms with Gasteiger partial charge >= 0.3 is 6.36 Å². The Kier molecular flexibility index (Phi) is 5.98. The summed E-state index contributed by atoms with van der Waals surface area (Å²) >= 11 is 0. The monoisotopic (exact) mass is 442 g/mol. The minimum atomic E-state index is -4.77. The summed E-state index contributed by atoms with van der Waals surface area (Å²) in [6.45, 7) is 3.98. The number of nitrogens with zero attached hydrogens (tertiary/aromatic N) is 3. The summed E-state index contributed by atoms with van der Waals surface area (Å²) in [7, 11) is 0. The van der Waals surface area contributed by atoms with Crippen molar-refractivity contribution in [2.24, 2.45) is 5.92 Å². The van der Waals surface area contributed by atoms with Gasteiger partial charge < -0.3 is 15.0 Å². The molecular formula is C23H21F3N4O2. The molecule has 1 atom stereocenters. The van der Waals surface area contributed by atoms with Crippen LogP contribution in [0.4, 0.5) is 24.7 Å². The van der Waals surface area contributed by atoms with Crippen LogP contribution >= 0.6 is 0 Å². The van der Waals surface area contributed by atoms with Crippen molar-refractivity contribution in [1.82, 2.24) is 9.97 Å². The molecule has 6 nitrogen and oxygen atoms in total. The minimum Gasteiger partial charge on any atom is -0.406 e. The summed E-state index contributed by atoms with van der Waals surface area (Å²) in [4.78, 5) is 23.7. The van der Waals surface area contributed by atoms with E-state index in [1.807, 2.05) is 12.1 Å². The van der Waals surface area contributed by atoms with Gasteiger partial charge in [0.15, 0.2) is 0 Å². The van der Waals surface area contributed by atoms with Crippen molar-refractivity contribution in [3.63, 3.8) is 0 Å². The highest BCUT2D eigenvalue weighted by Crippen LogP contribution is 2.33. The van der Waals surface area contributed by atoms with Gasteiger partial charge in [-0.2, -0.15) is 0 Å². The summed E-state index contributed by atoms with van der Waals surface area (Å²) < 4.78 is 40.8. The molecule has 166 valence electrons. The quantitative estimate of drug-likeness (QED) is 0.593. The normalized spacial score (nSPS) is 16.1. The lowest BCUT2D eigenvalue weighted by Gasteiger charge is -2.21. The van der Waals surface area contributed by atoms with Crippen LogP contribution in [0.2, 0.25) is 0 Å². The molecule has 4 rings (SSSR count). The number of carbonyl (C=O) groups is 1. The predicted molar refractivity (Wildman–Crippen MR) is 115 cm³/mol. The molecule has 1 aliphatic rings. The Hall–Kier alpha value is -3.62. The Morgan fingerprint density at radius 1 is 1.16 bits per heavy atom. The van der Waals surface area contributed by atoms with Gasteiger partial charge in [-0.15, -0.1) is 13.2 Å². The molecular weight excluding hydrogens is 421 g/mol. The molecule has 1 amide bonds. The number of rotatable bonds is 5. The highest BCUT2D eigenvalue weighted by atomic mass is 19.4. The van der Waals surface area contributed by atoms with Gasteiger partial charge in [-0.05, 0) is 60.4 Å². The van der Waals surface area contributed by atoms with E-state index >= 15 is 0 Å². The fourth-order valence-corrected chi connectivity index (χ4v) is 3.65. The molecule has 0 saturated carbocycles. The van der Waals surface area contributed by atoms with Gasteiger partial charge in [0.05, 0.1) is 5.56 Å². The SMILES string of the molecule is CC1CCN(c2ncc(C(=O)Nc3ccc(OC(F)(F)F)cc3)cc2-c2ccncc2)C1. The highest BCUT2D eigenvalue weighted by molar-refractivity contribution is 6.05. The van der Waals surface area contributed by atoms with E-state index < -0.39 is 12.3 Å². The van der Waals surface area contributed by atoms with Crippen LogP contribution in [-0.4, -0.2) is 35.3 Å². The van der Waals surface area contributed by atoms with E-state index in [9.17, 15) is 18.0 Å². The zero-order valence-corrected chi connectivity index (χ0v) is 17.3. The summed E-state index contributed by atoms with van der Waals surface area (Å²) in [5, 5.41) is 2.68. The van der Waals surface area contributed by atoms with Crippen LogP contribution in [0.3, 0.4) is 0 Å². The fourth-order valence-electron chi connectivity index (χ4n) is 3.65. The third-order valence-corrected chi connectivity index (χ3v) is 5.19. The number of alkyl halides is 3. The van der Waals surface area contributed by atoms with Gasteiger partial charge in [-0.25, -0.2) is 4.98 Å². The van der Waals surface area contributed by atoms with Crippen LogP contribution in [0.5, 0.6) is 5.75 Å². The Morgan fingerprint density at radius 3 is 2.50 bits per heavy atom. The molecule has 3 heterocycles. The van der Waals surface area contributed by atoms with Crippen molar-refractivity contribution >= 4 is 17.4 Å². The summed E-state index contributed by atoms with van der Waals surface area (Å²) in [5.41, 5.74) is 2.39. The lowest BCUT2D eigenvalue weighted by atomic mass is 10.0. The van der Waals surface area contributed by atoms with Crippen LogP contribution in [0, 0.1) is 5.92 Å². The number of halogens is 3. The number of ether oxygens (including phenoxy) is 1. The highest BCUT2D eigenvalue weighted by Gasteiger charge is 2.31. The van der Waals surface area contributed by atoms with Gasteiger partial charge in [0.1, 0.15) is 11.6 Å². The van der Waals surface area contributed by atoms with E-state index in [-0.39, 0.29) is 5.75 Å². The molecule has 1 N–H and O–H groups in total. The Labute approximate surface area is 183 Å². The third-order valence-electron chi connectivity index (χ3n) is 5.19. The molecule has 1 aliphatic heterocycles. The molecule has 3 aromatic rings. The molecule has 0 radical (unpaired) electrons. The van der Waals surface area contributed by atoms with Crippen molar-refractivity contribution in [2.75, 3.05) is 23.3 Å². The van der Waals surface area contributed by atoms with Crippen LogP contribution in [0.1, 0.15) is 23.7 Å². The van der Waals surface area contributed by atoms with Crippen LogP contribution < -0.4 is 15.0 Å². The summed E-state index contributed by atoms with van der Waals surface area (Å²) in [5.74, 6) is 0.597. The van der Waals surface area contributed by atoms with E-state index in [1.165, 1.54) is 18.3 Å². The fraction of sp³-hybridized carbons (Fsp3) is 0.261. The number of amides is 1. The first-order valence-electron chi connectivity index (χ1n) is 10.1. The van der Waals surface area contributed by atoms with Crippen LogP contribution in [0.15, 0.2) is 61.1 Å². The van der Waals surface area contributed by atoms with E-state index in [4.69, 9.17) is 0 Å².